The van der Waals surface area contributed by atoms with Crippen LogP contribution in [-0.4, -0.2) is 97.7 Å². The van der Waals surface area contributed by atoms with Crippen molar-refractivity contribution in [3.63, 3.8) is 0 Å². The van der Waals surface area contributed by atoms with Gasteiger partial charge in [0.15, 0.2) is 5.96 Å². The minimum absolute atomic E-state index is 0.764. The molecule has 0 amide bonds. The van der Waals surface area contributed by atoms with Crippen LogP contribution in [0.1, 0.15) is 32.6 Å². The van der Waals surface area contributed by atoms with Crippen LogP contribution in [0.15, 0.2) is 23.5 Å². The normalized spacial score (nSPS) is 21.9. The van der Waals surface area contributed by atoms with E-state index >= 15 is 0 Å². The highest BCUT2D eigenvalue weighted by molar-refractivity contribution is 5.79. The Morgan fingerprint density at radius 3 is 2.45 bits per heavy atom. The number of guanidine groups is 1. The number of nitrogens with zero attached hydrogens (tertiary/aromatic N) is 6. The summed E-state index contributed by atoms with van der Waals surface area (Å²) in [5.41, 5.74) is 0. The molecule has 2 aliphatic rings. The molecule has 162 valence electrons. The van der Waals surface area contributed by atoms with Crippen molar-refractivity contribution in [1.29, 1.82) is 0 Å². The van der Waals surface area contributed by atoms with Crippen molar-refractivity contribution in [2.24, 2.45) is 4.99 Å². The molecule has 0 bridgehead atoms. The van der Waals surface area contributed by atoms with Crippen molar-refractivity contribution in [2.75, 3.05) is 70.9 Å². The first kappa shape index (κ1) is 21.8. The van der Waals surface area contributed by atoms with Crippen LogP contribution in [0.2, 0.25) is 0 Å². The van der Waals surface area contributed by atoms with Gasteiger partial charge in [-0.1, -0.05) is 13.3 Å². The van der Waals surface area contributed by atoms with E-state index in [4.69, 9.17) is 0 Å². The fourth-order valence-corrected chi connectivity index (χ4v) is 4.31. The third-order valence-corrected chi connectivity index (χ3v) is 6.06. The lowest BCUT2D eigenvalue weighted by molar-refractivity contribution is 0.147. The predicted molar refractivity (Wildman–Crippen MR) is 120 cm³/mol. The summed E-state index contributed by atoms with van der Waals surface area (Å²) in [6.45, 7) is 11.6. The van der Waals surface area contributed by atoms with Crippen LogP contribution >= 0.6 is 0 Å². The number of aromatic nitrogens is 2. The zero-order valence-corrected chi connectivity index (χ0v) is 18.2. The number of aliphatic imine (C=N–C) groups is 1. The fraction of sp³-hybridized carbons (Fsp3) is 0.762. The summed E-state index contributed by atoms with van der Waals surface area (Å²) >= 11 is 0. The SMILES string of the molecule is CCC1CCCCN1CCNC(=NC)NCCN1CCN(c2ncccn2)CC1. The molecule has 0 aliphatic carbocycles. The van der Waals surface area contributed by atoms with Crippen molar-refractivity contribution in [1.82, 2.24) is 30.4 Å². The van der Waals surface area contributed by atoms with Crippen molar-refractivity contribution in [3.05, 3.63) is 18.5 Å². The molecule has 2 saturated heterocycles. The highest BCUT2D eigenvalue weighted by atomic mass is 15.3. The Hall–Kier alpha value is -1.93. The summed E-state index contributed by atoms with van der Waals surface area (Å²) < 4.78 is 0. The first-order valence-corrected chi connectivity index (χ1v) is 11.2. The Morgan fingerprint density at radius 1 is 1.03 bits per heavy atom. The molecular weight excluding hydrogens is 364 g/mol. The highest BCUT2D eigenvalue weighted by Gasteiger charge is 2.20. The molecule has 2 aliphatic heterocycles. The van der Waals surface area contributed by atoms with Gasteiger partial charge < -0.3 is 15.5 Å². The van der Waals surface area contributed by atoms with Gasteiger partial charge in [-0.2, -0.15) is 0 Å². The van der Waals surface area contributed by atoms with E-state index < -0.39 is 0 Å². The number of nitrogens with one attached hydrogen (secondary N) is 2. The van der Waals surface area contributed by atoms with Crippen LogP contribution in [0.5, 0.6) is 0 Å². The van der Waals surface area contributed by atoms with E-state index in [1.54, 1.807) is 0 Å². The number of piperidine rings is 1. The first-order chi connectivity index (χ1) is 14.3. The van der Waals surface area contributed by atoms with Crippen LogP contribution < -0.4 is 15.5 Å². The van der Waals surface area contributed by atoms with Gasteiger partial charge in [-0.15, -0.1) is 0 Å². The predicted octanol–water partition coefficient (Wildman–Crippen LogP) is 1.03. The van der Waals surface area contributed by atoms with E-state index in [0.717, 1.165) is 70.3 Å². The third-order valence-electron chi connectivity index (χ3n) is 6.06. The summed E-state index contributed by atoms with van der Waals surface area (Å²) in [7, 11) is 1.85. The van der Waals surface area contributed by atoms with Crippen LogP contribution in [0.3, 0.4) is 0 Å². The van der Waals surface area contributed by atoms with Crippen LogP contribution in [-0.2, 0) is 0 Å². The van der Waals surface area contributed by atoms with Crippen LogP contribution in [0.4, 0.5) is 5.95 Å². The smallest absolute Gasteiger partial charge is 0.225 e. The summed E-state index contributed by atoms with van der Waals surface area (Å²) in [6.07, 6.45) is 8.96. The summed E-state index contributed by atoms with van der Waals surface area (Å²) in [5.74, 6) is 1.75. The van der Waals surface area contributed by atoms with Crippen molar-refractivity contribution >= 4 is 11.9 Å². The molecule has 0 saturated carbocycles. The third kappa shape index (κ3) is 6.82. The van der Waals surface area contributed by atoms with E-state index in [1.807, 2.05) is 25.5 Å². The maximum absolute atomic E-state index is 4.38. The largest absolute Gasteiger partial charge is 0.355 e. The molecule has 1 aromatic heterocycles. The molecule has 3 rings (SSSR count). The van der Waals surface area contributed by atoms with Gasteiger partial charge in [0.2, 0.25) is 5.95 Å². The average molecular weight is 403 g/mol. The first-order valence-electron chi connectivity index (χ1n) is 11.2. The molecule has 1 unspecified atom stereocenters. The Balaban J connectivity index is 1.29. The number of rotatable bonds is 8. The Labute approximate surface area is 175 Å². The molecule has 0 spiro atoms. The fourth-order valence-electron chi connectivity index (χ4n) is 4.31. The lowest BCUT2D eigenvalue weighted by atomic mass is 10.0. The molecule has 2 N–H and O–H groups in total. The molecule has 0 aromatic carbocycles. The van der Waals surface area contributed by atoms with Crippen molar-refractivity contribution in [3.8, 4) is 0 Å². The molecule has 29 heavy (non-hydrogen) atoms. The van der Waals surface area contributed by atoms with Gasteiger partial charge in [0.25, 0.3) is 0 Å². The van der Waals surface area contributed by atoms with E-state index in [-0.39, 0.29) is 0 Å². The van der Waals surface area contributed by atoms with E-state index in [0.29, 0.717) is 0 Å². The van der Waals surface area contributed by atoms with Gasteiger partial charge in [0, 0.05) is 77.8 Å². The second-order valence-electron chi connectivity index (χ2n) is 7.90. The van der Waals surface area contributed by atoms with E-state index in [9.17, 15) is 0 Å². The average Bonchev–Trinajstić information content (AvgIpc) is 2.79. The number of hydrogen-bond donors (Lipinski definition) is 2. The number of likely N-dealkylation sites (tertiary alicyclic amines) is 1. The van der Waals surface area contributed by atoms with E-state index in [2.05, 4.69) is 47.2 Å². The lowest BCUT2D eigenvalue weighted by Crippen LogP contribution is -2.50. The van der Waals surface area contributed by atoms with Gasteiger partial charge in [-0.3, -0.25) is 14.8 Å². The summed E-state index contributed by atoms with van der Waals surface area (Å²) in [6, 6.07) is 2.63. The Morgan fingerprint density at radius 2 is 1.76 bits per heavy atom. The van der Waals surface area contributed by atoms with Crippen LogP contribution in [0.25, 0.3) is 0 Å². The molecule has 2 fully saturated rings. The second kappa shape index (κ2) is 11.9. The zero-order valence-electron chi connectivity index (χ0n) is 18.2. The Kier molecular flexibility index (Phi) is 8.95. The summed E-state index contributed by atoms with van der Waals surface area (Å²) in [4.78, 5) is 20.5. The van der Waals surface area contributed by atoms with Gasteiger partial charge >= 0.3 is 0 Å². The van der Waals surface area contributed by atoms with E-state index in [1.165, 1.54) is 32.2 Å². The highest BCUT2D eigenvalue weighted by Crippen LogP contribution is 2.18. The number of piperazine rings is 1. The van der Waals surface area contributed by atoms with Crippen LogP contribution in [0, 0.1) is 0 Å². The maximum Gasteiger partial charge on any atom is 0.225 e. The standard InChI is InChI=1S/C21H38N8/c1-3-19-7-4-5-12-28(19)14-11-24-20(22-2)23-10-13-27-15-17-29(18-16-27)21-25-8-6-9-26-21/h6,8-9,19H,3-5,7,10-18H2,1-2H3,(H2,22,23,24). The molecule has 1 aromatic rings. The van der Waals surface area contributed by atoms with Crippen molar-refractivity contribution < 1.29 is 0 Å². The van der Waals surface area contributed by atoms with Gasteiger partial charge in [-0.05, 0) is 31.9 Å². The topological polar surface area (TPSA) is 71.9 Å². The second-order valence-corrected chi connectivity index (χ2v) is 7.90. The molecule has 0 radical (unpaired) electrons. The zero-order chi connectivity index (χ0) is 20.3. The van der Waals surface area contributed by atoms with Gasteiger partial charge in [0.1, 0.15) is 0 Å². The van der Waals surface area contributed by atoms with Gasteiger partial charge in [-0.25, -0.2) is 9.97 Å². The quantitative estimate of drug-likeness (QED) is 0.497. The number of anilines is 1. The molecule has 8 nitrogen and oxygen atoms in total. The number of hydrogen-bond acceptors (Lipinski definition) is 6. The lowest BCUT2D eigenvalue weighted by Gasteiger charge is -2.35. The molecule has 1 atom stereocenters. The molecule has 8 heteroatoms. The van der Waals surface area contributed by atoms with Crippen molar-refractivity contribution in [2.45, 2.75) is 38.6 Å². The molecular formula is C21H38N8. The monoisotopic (exact) mass is 402 g/mol. The minimum Gasteiger partial charge on any atom is -0.355 e. The summed E-state index contributed by atoms with van der Waals surface area (Å²) in [5, 5.41) is 6.94. The Bertz CT molecular complexity index is 600. The minimum atomic E-state index is 0.764. The molecule has 3 heterocycles. The van der Waals surface area contributed by atoms with Gasteiger partial charge in [0.05, 0.1) is 0 Å². The maximum atomic E-state index is 4.38.